The van der Waals surface area contributed by atoms with E-state index in [2.05, 4.69) is 0 Å². The second-order valence-corrected chi connectivity index (χ2v) is 8.17. The molecule has 1 amide bonds. The van der Waals surface area contributed by atoms with Gasteiger partial charge in [0.2, 0.25) is 10.1 Å². The van der Waals surface area contributed by atoms with Crippen molar-refractivity contribution in [3.05, 3.63) is 35.4 Å². The van der Waals surface area contributed by atoms with Crippen molar-refractivity contribution in [1.29, 1.82) is 0 Å². The van der Waals surface area contributed by atoms with E-state index >= 15 is 0 Å². The Morgan fingerprint density at radius 1 is 1.00 bits per heavy atom. The number of amides is 1. The average Bonchev–Trinajstić information content (AvgIpc) is 2.61. The van der Waals surface area contributed by atoms with E-state index in [1.165, 1.54) is 23.9 Å². The number of hydrogen-bond donors (Lipinski definition) is 2. The highest BCUT2D eigenvalue weighted by Crippen LogP contribution is 2.68. The van der Waals surface area contributed by atoms with Gasteiger partial charge in [-0.3, -0.25) is 4.79 Å². The van der Waals surface area contributed by atoms with E-state index in [0.717, 1.165) is 31.2 Å². The fraction of sp³-hybridized carbons (Fsp3) is 0.588. The smallest absolute Gasteiger partial charge is 0.363 e. The van der Waals surface area contributed by atoms with E-state index in [4.69, 9.17) is 23.2 Å². The number of hydrogen-bond acceptors (Lipinski definition) is 2. The number of benzene rings is 1. The molecule has 0 bridgehead atoms. The van der Waals surface area contributed by atoms with Crippen LogP contribution in [0.25, 0.3) is 0 Å². The van der Waals surface area contributed by atoms with E-state index in [0.29, 0.717) is 5.92 Å². The van der Waals surface area contributed by atoms with E-state index in [1.54, 1.807) is 12.1 Å². The fourth-order valence-corrected chi connectivity index (χ4v) is 4.09. The van der Waals surface area contributed by atoms with Crippen molar-refractivity contribution in [2.45, 2.75) is 59.9 Å². The molecule has 144 valence electrons. The Hall–Kier alpha value is -1.05. The molecule has 9 heteroatoms. The van der Waals surface area contributed by atoms with Crippen LogP contribution in [0.15, 0.2) is 24.3 Å². The number of nitrogens with one attached hydrogen (secondary N) is 1. The quantitative estimate of drug-likeness (QED) is 0.431. The van der Waals surface area contributed by atoms with Crippen molar-refractivity contribution in [2.75, 3.05) is 0 Å². The Morgan fingerprint density at radius 2 is 1.54 bits per heavy atom. The zero-order chi connectivity index (χ0) is 19.4. The summed E-state index contributed by atoms with van der Waals surface area (Å²) >= 11 is 10.4. The summed E-state index contributed by atoms with van der Waals surface area (Å²) in [6, 6.07) is 6.16. The summed E-state index contributed by atoms with van der Waals surface area (Å²) in [5.74, 6) is -10.7. The van der Waals surface area contributed by atoms with Gasteiger partial charge in [-0.25, -0.2) is 0 Å². The van der Waals surface area contributed by atoms with Crippen molar-refractivity contribution in [3.8, 4) is 0 Å². The molecule has 26 heavy (non-hydrogen) atoms. The topological polar surface area (TPSA) is 49.3 Å². The van der Waals surface area contributed by atoms with Gasteiger partial charge in [0.15, 0.2) is 0 Å². The molecule has 2 saturated carbocycles. The predicted molar refractivity (Wildman–Crippen MR) is 89.0 cm³/mol. The van der Waals surface area contributed by atoms with Gasteiger partial charge in [0, 0.05) is 5.56 Å². The highest BCUT2D eigenvalue weighted by Gasteiger charge is 2.96. The molecule has 1 aromatic carbocycles. The van der Waals surface area contributed by atoms with Gasteiger partial charge >= 0.3 is 11.8 Å². The van der Waals surface area contributed by atoms with Gasteiger partial charge in [-0.05, 0) is 36.5 Å². The Morgan fingerprint density at radius 3 is 2.04 bits per heavy atom. The summed E-state index contributed by atoms with van der Waals surface area (Å²) in [6.07, 6.45) is 5.50. The Kier molecular flexibility index (Phi) is 4.73. The van der Waals surface area contributed by atoms with Crippen molar-refractivity contribution in [1.82, 2.24) is 5.32 Å². The molecule has 0 spiro atoms. The van der Waals surface area contributed by atoms with E-state index < -0.39 is 27.8 Å². The summed E-state index contributed by atoms with van der Waals surface area (Å²) in [7, 11) is 0. The maximum Gasteiger partial charge on any atom is 0.363 e. The van der Waals surface area contributed by atoms with Gasteiger partial charge in [-0.15, -0.1) is 0 Å². The van der Waals surface area contributed by atoms with Crippen LogP contribution in [0.3, 0.4) is 0 Å². The van der Waals surface area contributed by atoms with Crippen LogP contribution in [0.4, 0.5) is 17.6 Å². The summed E-state index contributed by atoms with van der Waals surface area (Å²) in [6.45, 7) is 0. The summed E-state index contributed by atoms with van der Waals surface area (Å²) in [5.41, 5.74) is -2.84. The lowest BCUT2D eigenvalue weighted by Crippen LogP contribution is -2.90. The Labute approximate surface area is 157 Å². The molecule has 2 N–H and O–H groups in total. The maximum absolute atomic E-state index is 13.7. The highest BCUT2D eigenvalue weighted by atomic mass is 35.5. The number of alkyl halides is 6. The first-order valence-electron chi connectivity index (χ1n) is 8.24. The van der Waals surface area contributed by atoms with Crippen LogP contribution in [0.1, 0.15) is 53.9 Å². The zero-order valence-electron chi connectivity index (χ0n) is 13.5. The van der Waals surface area contributed by atoms with Gasteiger partial charge in [0.25, 0.3) is 5.91 Å². The van der Waals surface area contributed by atoms with Crippen molar-refractivity contribution in [2.24, 2.45) is 0 Å². The third-order valence-corrected chi connectivity index (χ3v) is 6.26. The third-order valence-electron chi connectivity index (χ3n) is 5.24. The van der Waals surface area contributed by atoms with Crippen LogP contribution in [0, 0.1) is 0 Å². The first-order valence-corrected chi connectivity index (χ1v) is 8.99. The van der Waals surface area contributed by atoms with Gasteiger partial charge in [-0.1, -0.05) is 54.6 Å². The fourth-order valence-electron chi connectivity index (χ4n) is 3.52. The molecule has 0 radical (unpaired) electrons. The molecule has 1 atom stereocenters. The van der Waals surface area contributed by atoms with E-state index in [1.807, 2.05) is 0 Å². The summed E-state index contributed by atoms with van der Waals surface area (Å²) in [5, 5.41) is 11.3. The van der Waals surface area contributed by atoms with Crippen LogP contribution < -0.4 is 5.32 Å². The number of rotatable bonds is 3. The number of halogens is 6. The van der Waals surface area contributed by atoms with Crippen molar-refractivity contribution < 1.29 is 27.5 Å². The molecule has 2 fully saturated rings. The lowest BCUT2D eigenvalue weighted by molar-refractivity contribution is -0.391. The van der Waals surface area contributed by atoms with Gasteiger partial charge < -0.3 is 10.4 Å². The standard InChI is InChI=1S/C17H17Cl2F4NO2/c18-14(19)15(20,21)16(22,23)17(14,26)24-13(25)12-8-6-11(7-9-12)10-4-2-1-3-5-10/h6-10,26H,1-5H2,(H,24,25). The van der Waals surface area contributed by atoms with E-state index in [-0.39, 0.29) is 5.56 Å². The molecule has 1 aromatic rings. The van der Waals surface area contributed by atoms with Crippen molar-refractivity contribution >= 4 is 29.1 Å². The molecular weight excluding hydrogens is 397 g/mol. The molecule has 0 saturated heterocycles. The predicted octanol–water partition coefficient (Wildman–Crippen LogP) is 4.61. The van der Waals surface area contributed by atoms with Gasteiger partial charge in [0.05, 0.1) is 0 Å². The normalized spacial score (nSPS) is 29.7. The number of carbonyl (C=O) groups is 1. The van der Waals surface area contributed by atoms with E-state index in [9.17, 15) is 27.5 Å². The molecule has 3 rings (SSSR count). The molecule has 0 aromatic heterocycles. The molecule has 1 unspecified atom stereocenters. The second kappa shape index (κ2) is 6.24. The molecular formula is C17H17Cl2F4NO2. The maximum atomic E-state index is 13.7. The van der Waals surface area contributed by atoms with Crippen LogP contribution in [-0.4, -0.2) is 32.9 Å². The highest BCUT2D eigenvalue weighted by molar-refractivity contribution is 6.51. The van der Waals surface area contributed by atoms with Crippen LogP contribution in [-0.2, 0) is 0 Å². The SMILES string of the molecule is O=C(NC1(O)C(F)(F)C(F)(F)C1(Cl)Cl)c1ccc(C2CCCCC2)cc1. The summed E-state index contributed by atoms with van der Waals surface area (Å²) in [4.78, 5) is 12.2. The molecule has 3 nitrogen and oxygen atoms in total. The molecule has 0 aliphatic heterocycles. The zero-order valence-corrected chi connectivity index (χ0v) is 15.1. The van der Waals surface area contributed by atoms with Crippen LogP contribution in [0.5, 0.6) is 0 Å². The first-order chi connectivity index (χ1) is 12.0. The number of aliphatic hydroxyl groups is 1. The van der Waals surface area contributed by atoms with Crippen LogP contribution >= 0.6 is 23.2 Å². The van der Waals surface area contributed by atoms with Crippen LogP contribution in [0.2, 0.25) is 0 Å². The minimum Gasteiger partial charge on any atom is -0.363 e. The summed E-state index contributed by atoms with van der Waals surface area (Å²) < 4.78 is 50.5. The minimum atomic E-state index is -5.01. The minimum absolute atomic E-state index is 0.0758. The average molecular weight is 414 g/mol. The monoisotopic (exact) mass is 413 g/mol. The molecule has 0 heterocycles. The first kappa shape index (κ1) is 19.7. The lowest BCUT2D eigenvalue weighted by atomic mass is 9.77. The molecule has 2 aliphatic rings. The second-order valence-electron chi connectivity index (χ2n) is 6.84. The largest absolute Gasteiger partial charge is 0.363 e. The van der Waals surface area contributed by atoms with Gasteiger partial charge in [0.1, 0.15) is 0 Å². The van der Waals surface area contributed by atoms with Gasteiger partial charge in [-0.2, -0.15) is 17.6 Å². The Bertz CT molecular complexity index is 685. The third kappa shape index (κ3) is 2.54. The Balaban J connectivity index is 1.76. The lowest BCUT2D eigenvalue weighted by Gasteiger charge is -2.58. The number of carbonyl (C=O) groups excluding carboxylic acids is 1. The van der Waals surface area contributed by atoms with Crippen molar-refractivity contribution in [3.63, 3.8) is 0 Å². The molecule has 2 aliphatic carbocycles.